The molecule has 1 heterocycles. The molecule has 0 fully saturated rings. The van der Waals surface area contributed by atoms with E-state index in [1.165, 1.54) is 0 Å². The summed E-state index contributed by atoms with van der Waals surface area (Å²) in [6.07, 6.45) is 1.70. The maximum Gasteiger partial charge on any atom is 0.282 e. The zero-order valence-corrected chi connectivity index (χ0v) is 17.5. The number of aliphatic imine (C=N–C) groups is 1. The van der Waals surface area contributed by atoms with E-state index in [1.54, 1.807) is 29.2 Å². The van der Waals surface area contributed by atoms with Crippen molar-refractivity contribution in [3.8, 4) is 0 Å². The van der Waals surface area contributed by atoms with E-state index in [-0.39, 0.29) is 5.91 Å². The summed E-state index contributed by atoms with van der Waals surface area (Å²) >= 11 is 12.3. The summed E-state index contributed by atoms with van der Waals surface area (Å²) in [6.45, 7) is 4.03. The Labute approximate surface area is 179 Å². The Morgan fingerprint density at radius 1 is 0.897 bits per heavy atom. The number of nitrogens with zero attached hydrogens (tertiary/aromatic N) is 2. The first kappa shape index (κ1) is 19.4. The van der Waals surface area contributed by atoms with Gasteiger partial charge in [-0.15, -0.1) is 0 Å². The molecule has 0 atom stereocenters. The normalized spacial score (nSPS) is 15.2. The third-order valence-corrected chi connectivity index (χ3v) is 5.25. The Morgan fingerprint density at radius 2 is 1.66 bits per heavy atom. The maximum absolute atomic E-state index is 13.3. The second kappa shape index (κ2) is 7.86. The van der Waals surface area contributed by atoms with Crippen LogP contribution in [0.25, 0.3) is 6.08 Å². The predicted molar refractivity (Wildman–Crippen MR) is 121 cm³/mol. The van der Waals surface area contributed by atoms with Crippen molar-refractivity contribution in [3.05, 3.63) is 105 Å². The van der Waals surface area contributed by atoms with Crippen LogP contribution in [0.4, 0.5) is 5.69 Å². The van der Waals surface area contributed by atoms with Gasteiger partial charge in [-0.1, -0.05) is 70.7 Å². The first-order chi connectivity index (χ1) is 13.9. The van der Waals surface area contributed by atoms with Gasteiger partial charge in [0.15, 0.2) is 0 Å². The van der Waals surface area contributed by atoms with E-state index in [4.69, 9.17) is 23.2 Å². The molecule has 29 heavy (non-hydrogen) atoms. The van der Waals surface area contributed by atoms with Crippen molar-refractivity contribution in [3.63, 3.8) is 0 Å². The van der Waals surface area contributed by atoms with Gasteiger partial charge in [0.2, 0.25) is 0 Å². The molecule has 3 nitrogen and oxygen atoms in total. The van der Waals surface area contributed by atoms with Crippen molar-refractivity contribution in [2.24, 2.45) is 4.99 Å². The molecule has 5 heteroatoms. The summed E-state index contributed by atoms with van der Waals surface area (Å²) in [6, 6.07) is 20.9. The Bertz CT molecular complexity index is 1160. The second-order valence-electron chi connectivity index (χ2n) is 6.98. The number of carbonyl (C=O) groups is 1. The van der Waals surface area contributed by atoms with Crippen LogP contribution in [0.15, 0.2) is 77.4 Å². The molecule has 0 aliphatic carbocycles. The van der Waals surface area contributed by atoms with E-state index in [0.717, 1.165) is 22.4 Å². The predicted octanol–water partition coefficient (Wildman–Crippen LogP) is 6.44. The summed E-state index contributed by atoms with van der Waals surface area (Å²) in [5.74, 6) is 0.398. The van der Waals surface area contributed by atoms with Crippen LogP contribution < -0.4 is 4.90 Å². The van der Waals surface area contributed by atoms with Crippen LogP contribution in [0.3, 0.4) is 0 Å². The summed E-state index contributed by atoms with van der Waals surface area (Å²) < 4.78 is 0. The Hall–Kier alpha value is -2.88. The quantitative estimate of drug-likeness (QED) is 0.448. The average Bonchev–Trinajstić information content (AvgIpc) is 3.01. The van der Waals surface area contributed by atoms with Crippen LogP contribution in [0.2, 0.25) is 10.0 Å². The number of rotatable bonds is 3. The molecule has 3 aromatic carbocycles. The topological polar surface area (TPSA) is 32.7 Å². The third kappa shape index (κ3) is 3.98. The fraction of sp³-hybridized carbons (Fsp3) is 0.0833. The number of aryl methyl sites for hydroxylation is 2. The second-order valence-corrected chi connectivity index (χ2v) is 7.82. The van der Waals surface area contributed by atoms with Crippen LogP contribution >= 0.6 is 23.2 Å². The number of amidine groups is 1. The van der Waals surface area contributed by atoms with E-state index in [9.17, 15) is 4.79 Å². The minimum Gasteiger partial charge on any atom is -0.266 e. The van der Waals surface area contributed by atoms with Crippen molar-refractivity contribution in [2.75, 3.05) is 4.90 Å². The average molecular weight is 421 g/mol. The van der Waals surface area contributed by atoms with Gasteiger partial charge < -0.3 is 0 Å². The number of anilines is 1. The van der Waals surface area contributed by atoms with Gasteiger partial charge in [0.05, 0.1) is 5.69 Å². The fourth-order valence-electron chi connectivity index (χ4n) is 3.19. The summed E-state index contributed by atoms with van der Waals surface area (Å²) in [7, 11) is 0. The van der Waals surface area contributed by atoms with E-state index >= 15 is 0 Å². The zero-order valence-electron chi connectivity index (χ0n) is 16.0. The minimum absolute atomic E-state index is 0.198. The fourth-order valence-corrected chi connectivity index (χ4v) is 3.66. The van der Waals surface area contributed by atoms with Crippen LogP contribution in [-0.2, 0) is 4.79 Å². The lowest BCUT2D eigenvalue weighted by Gasteiger charge is -2.19. The molecule has 0 bridgehead atoms. The molecule has 0 N–H and O–H groups in total. The van der Waals surface area contributed by atoms with Crippen LogP contribution in [-0.4, -0.2) is 11.7 Å². The van der Waals surface area contributed by atoms with Crippen LogP contribution in [0, 0.1) is 13.8 Å². The number of hydrogen-bond acceptors (Lipinski definition) is 2. The highest BCUT2D eigenvalue weighted by atomic mass is 35.5. The molecule has 1 aliphatic rings. The molecule has 0 saturated heterocycles. The Kier molecular flexibility index (Phi) is 5.27. The minimum atomic E-state index is -0.198. The molecule has 0 spiro atoms. The summed E-state index contributed by atoms with van der Waals surface area (Å²) in [5, 5.41) is 1.01. The molecule has 144 valence electrons. The number of hydrogen-bond donors (Lipinski definition) is 0. The highest BCUT2D eigenvalue weighted by Crippen LogP contribution is 2.30. The van der Waals surface area contributed by atoms with Gasteiger partial charge in [-0.2, -0.15) is 0 Å². The molecule has 3 aromatic rings. The molecule has 0 unspecified atom stereocenters. The van der Waals surface area contributed by atoms with E-state index < -0.39 is 0 Å². The lowest BCUT2D eigenvalue weighted by atomic mass is 10.1. The van der Waals surface area contributed by atoms with Crippen molar-refractivity contribution in [1.82, 2.24) is 0 Å². The van der Waals surface area contributed by atoms with Crippen LogP contribution in [0.5, 0.6) is 0 Å². The highest BCUT2D eigenvalue weighted by Gasteiger charge is 2.32. The number of carbonyl (C=O) groups excluding carboxylic acids is 1. The van der Waals surface area contributed by atoms with Gasteiger partial charge in [0, 0.05) is 15.6 Å². The maximum atomic E-state index is 13.3. The highest BCUT2D eigenvalue weighted by molar-refractivity contribution is 6.36. The molecule has 1 amide bonds. The first-order valence-electron chi connectivity index (χ1n) is 9.16. The van der Waals surface area contributed by atoms with Gasteiger partial charge in [0.1, 0.15) is 11.5 Å². The van der Waals surface area contributed by atoms with Crippen LogP contribution in [0.1, 0.15) is 22.3 Å². The molecule has 0 aromatic heterocycles. The number of benzene rings is 3. The zero-order chi connectivity index (χ0) is 20.5. The molecule has 0 radical (unpaired) electrons. The van der Waals surface area contributed by atoms with Gasteiger partial charge >= 0.3 is 0 Å². The van der Waals surface area contributed by atoms with Crippen molar-refractivity contribution in [2.45, 2.75) is 13.8 Å². The summed E-state index contributed by atoms with van der Waals surface area (Å²) in [4.78, 5) is 19.6. The smallest absolute Gasteiger partial charge is 0.266 e. The van der Waals surface area contributed by atoms with Gasteiger partial charge in [-0.25, -0.2) is 4.99 Å². The Morgan fingerprint density at radius 3 is 2.34 bits per heavy atom. The Balaban J connectivity index is 1.84. The number of amides is 1. The van der Waals surface area contributed by atoms with Gasteiger partial charge in [-0.3, -0.25) is 9.69 Å². The largest absolute Gasteiger partial charge is 0.282 e. The molecule has 1 aliphatic heterocycles. The molecular formula is C24H18Cl2N2O. The van der Waals surface area contributed by atoms with Crippen molar-refractivity contribution >= 4 is 46.7 Å². The SMILES string of the molecule is Cc1ccc(N2C(=O)/C(=C\c3ccc(Cl)cc3Cl)N=C2c2cccc(C)c2)cc1. The van der Waals surface area contributed by atoms with E-state index in [1.807, 2.05) is 62.4 Å². The standard InChI is InChI=1S/C24H18Cl2N2O/c1-15-6-10-20(11-7-15)28-23(18-5-3-4-16(2)12-18)27-22(24(28)29)13-17-8-9-19(25)14-21(17)26/h3-14H,1-2H3/b22-13+. The molecule has 0 saturated carbocycles. The van der Waals surface area contributed by atoms with Crippen molar-refractivity contribution < 1.29 is 4.79 Å². The third-order valence-electron chi connectivity index (χ3n) is 4.68. The van der Waals surface area contributed by atoms with E-state index in [0.29, 0.717) is 27.1 Å². The summed E-state index contributed by atoms with van der Waals surface area (Å²) in [5.41, 5.74) is 4.89. The molecule has 4 rings (SSSR count). The first-order valence-corrected chi connectivity index (χ1v) is 9.91. The lowest BCUT2D eigenvalue weighted by Crippen LogP contribution is -2.32. The molecular weight excluding hydrogens is 403 g/mol. The van der Waals surface area contributed by atoms with E-state index in [2.05, 4.69) is 4.99 Å². The van der Waals surface area contributed by atoms with Gasteiger partial charge in [0.25, 0.3) is 5.91 Å². The lowest BCUT2D eigenvalue weighted by molar-refractivity contribution is -0.113. The van der Waals surface area contributed by atoms with Crippen molar-refractivity contribution in [1.29, 1.82) is 0 Å². The number of halogens is 2. The van der Waals surface area contributed by atoms with Gasteiger partial charge in [-0.05, 0) is 55.8 Å². The monoisotopic (exact) mass is 420 g/mol.